The number of amides is 1. The minimum atomic E-state index is -1.11. The number of carbonyl (C=O) groups is 2. The fourth-order valence-electron chi connectivity index (χ4n) is 2.77. The van der Waals surface area contributed by atoms with Crippen molar-refractivity contribution >= 4 is 51.9 Å². The van der Waals surface area contributed by atoms with Crippen molar-refractivity contribution in [3.8, 4) is 17.2 Å². The Kier molecular flexibility index (Phi) is 6.96. The number of para-hydroxylation sites is 1. The standard InChI is InChI=1S/C21H19NO6S2/c1-3-27-16-6-4-5-13(19(16)28-12-18(23)24)11-17-20(25)22(21(29)30-17)14-7-9-15(26-2)10-8-14/h4-11H,3,12H2,1-2H3,(H,23,24)/b17-11+. The minimum absolute atomic E-state index is 0.261. The molecule has 2 aromatic carbocycles. The van der Waals surface area contributed by atoms with Gasteiger partial charge in [0.1, 0.15) is 5.75 Å². The lowest BCUT2D eigenvalue weighted by molar-refractivity contribution is -0.139. The third kappa shape index (κ3) is 4.74. The number of nitrogens with zero attached hydrogens (tertiary/aromatic N) is 1. The molecule has 0 bridgehead atoms. The Labute approximate surface area is 183 Å². The highest BCUT2D eigenvalue weighted by Gasteiger charge is 2.33. The van der Waals surface area contributed by atoms with Crippen molar-refractivity contribution in [3.63, 3.8) is 0 Å². The largest absolute Gasteiger partial charge is 0.497 e. The van der Waals surface area contributed by atoms with E-state index in [-0.39, 0.29) is 11.7 Å². The number of carboxylic acid groups (broad SMARTS) is 1. The first kappa shape index (κ1) is 21.7. The van der Waals surface area contributed by atoms with Gasteiger partial charge in [0.25, 0.3) is 5.91 Å². The van der Waals surface area contributed by atoms with Gasteiger partial charge in [-0.05, 0) is 43.3 Å². The molecule has 0 spiro atoms. The number of thiocarbonyl (C=S) groups is 1. The zero-order valence-corrected chi connectivity index (χ0v) is 17.9. The molecule has 1 heterocycles. The molecule has 0 aliphatic carbocycles. The Balaban J connectivity index is 1.94. The molecule has 9 heteroatoms. The zero-order chi connectivity index (χ0) is 21.7. The maximum atomic E-state index is 13.0. The van der Waals surface area contributed by atoms with Gasteiger partial charge in [-0.1, -0.05) is 36.1 Å². The topological polar surface area (TPSA) is 85.3 Å². The van der Waals surface area contributed by atoms with Gasteiger partial charge in [-0.15, -0.1) is 0 Å². The highest BCUT2D eigenvalue weighted by Crippen LogP contribution is 2.39. The van der Waals surface area contributed by atoms with Crippen molar-refractivity contribution in [1.29, 1.82) is 0 Å². The van der Waals surface area contributed by atoms with Gasteiger partial charge in [0.15, 0.2) is 22.4 Å². The molecule has 1 N–H and O–H groups in total. The molecule has 156 valence electrons. The maximum absolute atomic E-state index is 13.0. The molecule has 2 aromatic rings. The number of ether oxygens (including phenoxy) is 3. The highest BCUT2D eigenvalue weighted by atomic mass is 32.2. The quantitative estimate of drug-likeness (QED) is 0.483. The molecule has 0 saturated carbocycles. The number of carboxylic acids is 1. The normalized spacial score (nSPS) is 14.9. The van der Waals surface area contributed by atoms with Crippen LogP contribution < -0.4 is 19.1 Å². The fraction of sp³-hybridized carbons (Fsp3) is 0.190. The number of hydrogen-bond donors (Lipinski definition) is 1. The van der Waals surface area contributed by atoms with Gasteiger partial charge in [0.05, 0.1) is 24.3 Å². The summed E-state index contributed by atoms with van der Waals surface area (Å²) in [6.45, 7) is 1.66. The van der Waals surface area contributed by atoms with E-state index < -0.39 is 12.6 Å². The molecule has 1 aliphatic heterocycles. The van der Waals surface area contributed by atoms with Crippen LogP contribution in [0.25, 0.3) is 6.08 Å². The highest BCUT2D eigenvalue weighted by molar-refractivity contribution is 8.27. The molecular formula is C21H19NO6S2. The fourth-order valence-corrected chi connectivity index (χ4v) is 4.06. The molecule has 0 aromatic heterocycles. The van der Waals surface area contributed by atoms with Crippen LogP contribution in [0.15, 0.2) is 47.4 Å². The van der Waals surface area contributed by atoms with Crippen molar-refractivity contribution in [2.24, 2.45) is 0 Å². The van der Waals surface area contributed by atoms with Crippen molar-refractivity contribution in [3.05, 3.63) is 52.9 Å². The molecule has 30 heavy (non-hydrogen) atoms. The summed E-state index contributed by atoms with van der Waals surface area (Å²) in [4.78, 5) is 25.8. The molecule has 1 amide bonds. The molecule has 0 unspecified atom stereocenters. The molecule has 1 saturated heterocycles. The number of benzene rings is 2. The van der Waals surface area contributed by atoms with E-state index in [1.807, 2.05) is 6.92 Å². The Morgan fingerprint density at radius 1 is 1.20 bits per heavy atom. The van der Waals surface area contributed by atoms with Crippen molar-refractivity contribution < 1.29 is 28.9 Å². The summed E-state index contributed by atoms with van der Waals surface area (Å²) in [6.07, 6.45) is 1.63. The van der Waals surface area contributed by atoms with Gasteiger partial charge >= 0.3 is 5.97 Å². The lowest BCUT2D eigenvalue weighted by atomic mass is 10.1. The molecule has 3 rings (SSSR count). The van der Waals surface area contributed by atoms with Crippen LogP contribution in [0.1, 0.15) is 12.5 Å². The number of aliphatic carboxylic acids is 1. The molecule has 1 aliphatic rings. The SMILES string of the molecule is CCOc1cccc(/C=C2/SC(=S)N(c3ccc(OC)cc3)C2=O)c1OCC(=O)O. The van der Waals surface area contributed by atoms with Gasteiger partial charge in [-0.3, -0.25) is 9.69 Å². The third-order valence-electron chi connectivity index (χ3n) is 4.06. The summed E-state index contributed by atoms with van der Waals surface area (Å²) in [6, 6.07) is 12.2. The second-order valence-electron chi connectivity index (χ2n) is 6.01. The van der Waals surface area contributed by atoms with Gasteiger partial charge in [-0.2, -0.15) is 0 Å². The molecule has 7 nitrogen and oxygen atoms in total. The maximum Gasteiger partial charge on any atom is 0.341 e. The van der Waals surface area contributed by atoms with Gasteiger partial charge < -0.3 is 19.3 Å². The minimum Gasteiger partial charge on any atom is -0.497 e. The lowest BCUT2D eigenvalue weighted by Crippen LogP contribution is -2.27. The van der Waals surface area contributed by atoms with E-state index in [9.17, 15) is 9.59 Å². The van der Waals surface area contributed by atoms with Crippen LogP contribution in [0.3, 0.4) is 0 Å². The zero-order valence-electron chi connectivity index (χ0n) is 16.3. The summed E-state index contributed by atoms with van der Waals surface area (Å²) in [5.74, 6) is -0.0541. The average molecular weight is 446 g/mol. The predicted molar refractivity (Wildman–Crippen MR) is 119 cm³/mol. The first-order chi connectivity index (χ1) is 14.4. The second-order valence-corrected chi connectivity index (χ2v) is 7.68. The number of methoxy groups -OCH3 is 1. The number of carbonyl (C=O) groups excluding carboxylic acids is 1. The van der Waals surface area contributed by atoms with Gasteiger partial charge in [0.2, 0.25) is 0 Å². The second kappa shape index (κ2) is 9.64. The van der Waals surface area contributed by atoms with E-state index >= 15 is 0 Å². The molecule has 0 radical (unpaired) electrons. The number of anilines is 1. The molecular weight excluding hydrogens is 426 g/mol. The third-order valence-corrected chi connectivity index (χ3v) is 5.36. The number of rotatable bonds is 8. The van der Waals surface area contributed by atoms with Crippen LogP contribution in [0.5, 0.6) is 17.2 Å². The Morgan fingerprint density at radius 2 is 1.93 bits per heavy atom. The van der Waals surface area contributed by atoms with Crippen LogP contribution in [0.2, 0.25) is 0 Å². The Bertz CT molecular complexity index is 1000. The van der Waals surface area contributed by atoms with E-state index in [2.05, 4.69) is 0 Å². The Hall–Kier alpha value is -3.04. The van der Waals surface area contributed by atoms with Crippen LogP contribution in [-0.4, -0.2) is 41.6 Å². The lowest BCUT2D eigenvalue weighted by Gasteiger charge is -2.15. The smallest absolute Gasteiger partial charge is 0.341 e. The van der Waals surface area contributed by atoms with Crippen LogP contribution in [0, 0.1) is 0 Å². The number of hydrogen-bond acceptors (Lipinski definition) is 7. The number of thioether (sulfide) groups is 1. The van der Waals surface area contributed by atoms with Crippen molar-refractivity contribution in [2.75, 3.05) is 25.2 Å². The monoisotopic (exact) mass is 445 g/mol. The van der Waals surface area contributed by atoms with Gasteiger partial charge in [0, 0.05) is 5.56 Å². The van der Waals surface area contributed by atoms with E-state index in [0.29, 0.717) is 38.6 Å². The summed E-state index contributed by atoms with van der Waals surface area (Å²) in [7, 11) is 1.57. The Morgan fingerprint density at radius 3 is 2.57 bits per heavy atom. The van der Waals surface area contributed by atoms with E-state index in [0.717, 1.165) is 11.8 Å². The van der Waals surface area contributed by atoms with E-state index in [1.165, 1.54) is 4.90 Å². The van der Waals surface area contributed by atoms with E-state index in [1.54, 1.807) is 55.7 Å². The van der Waals surface area contributed by atoms with E-state index in [4.69, 9.17) is 31.5 Å². The van der Waals surface area contributed by atoms with Crippen LogP contribution >= 0.6 is 24.0 Å². The van der Waals surface area contributed by atoms with Crippen LogP contribution in [0.4, 0.5) is 5.69 Å². The van der Waals surface area contributed by atoms with Crippen LogP contribution in [-0.2, 0) is 9.59 Å². The predicted octanol–water partition coefficient (Wildman–Crippen LogP) is 3.96. The van der Waals surface area contributed by atoms with Gasteiger partial charge in [-0.25, -0.2) is 4.79 Å². The first-order valence-corrected chi connectivity index (χ1v) is 10.2. The summed E-state index contributed by atoms with van der Waals surface area (Å²) in [5, 5.41) is 8.97. The molecule has 1 fully saturated rings. The van der Waals surface area contributed by atoms with Crippen molar-refractivity contribution in [1.82, 2.24) is 0 Å². The molecule has 0 atom stereocenters. The summed E-state index contributed by atoms with van der Waals surface area (Å²) >= 11 is 6.56. The first-order valence-electron chi connectivity index (χ1n) is 8.97. The summed E-state index contributed by atoms with van der Waals surface area (Å²) < 4.78 is 16.5. The van der Waals surface area contributed by atoms with Crippen molar-refractivity contribution in [2.45, 2.75) is 6.92 Å². The average Bonchev–Trinajstić information content (AvgIpc) is 3.00. The summed E-state index contributed by atoms with van der Waals surface area (Å²) in [5.41, 5.74) is 1.16.